The Bertz CT molecular complexity index is 291. The van der Waals surface area contributed by atoms with Crippen LogP contribution in [-0.2, 0) is 28.7 Å². The third-order valence-electron chi connectivity index (χ3n) is 1.82. The third kappa shape index (κ3) is 9.50. The van der Waals surface area contributed by atoms with Crippen molar-refractivity contribution in [3.8, 4) is 0 Å². The highest BCUT2D eigenvalue weighted by Crippen LogP contribution is 1.94. The highest BCUT2D eigenvalue weighted by Gasteiger charge is 2.16. The fraction of sp³-hybridized carbons (Fsp3) is 0.556. The van der Waals surface area contributed by atoms with Crippen LogP contribution >= 0.6 is 0 Å². The van der Waals surface area contributed by atoms with Crippen LogP contribution in [0.5, 0.6) is 0 Å². The number of hydrogen-bond donors (Lipinski definition) is 4. The number of carbonyl (C=O) groups excluding carboxylic acids is 2. The van der Waals surface area contributed by atoms with Crippen molar-refractivity contribution in [2.24, 2.45) is 0 Å². The molecule has 0 spiro atoms. The molecule has 0 bridgehead atoms. The maximum absolute atomic E-state index is 10.4. The standard InChI is InChI=1S/C9H14N2O8/c12-4-18-6(1-8(14)15)10-3-11-7(19-5-13)2-9(16)17/h4-7,10-11H,1-3H2,(H,14,15)(H,16,17). The van der Waals surface area contributed by atoms with Gasteiger partial charge in [-0.15, -0.1) is 0 Å². The molecule has 2 unspecified atom stereocenters. The van der Waals surface area contributed by atoms with Crippen molar-refractivity contribution in [3.63, 3.8) is 0 Å². The van der Waals surface area contributed by atoms with E-state index in [4.69, 9.17) is 10.2 Å². The second-order valence-electron chi connectivity index (χ2n) is 3.22. The summed E-state index contributed by atoms with van der Waals surface area (Å²) >= 11 is 0. The van der Waals surface area contributed by atoms with E-state index < -0.39 is 37.2 Å². The number of nitrogens with one attached hydrogen (secondary N) is 2. The molecule has 19 heavy (non-hydrogen) atoms. The molecule has 0 aromatic carbocycles. The molecule has 0 radical (unpaired) electrons. The zero-order valence-corrected chi connectivity index (χ0v) is 9.77. The third-order valence-corrected chi connectivity index (χ3v) is 1.82. The molecule has 0 aliphatic heterocycles. The maximum atomic E-state index is 10.4. The predicted molar refractivity (Wildman–Crippen MR) is 57.5 cm³/mol. The Kier molecular flexibility index (Phi) is 8.66. The molecule has 0 fully saturated rings. The van der Waals surface area contributed by atoms with Gasteiger partial charge in [-0.05, 0) is 0 Å². The van der Waals surface area contributed by atoms with Crippen LogP contribution in [0.3, 0.4) is 0 Å². The van der Waals surface area contributed by atoms with Crippen LogP contribution in [0.2, 0.25) is 0 Å². The number of carbonyl (C=O) groups is 4. The molecule has 0 aliphatic carbocycles. The number of carboxylic acid groups (broad SMARTS) is 2. The molecule has 0 aromatic rings. The first-order valence-electron chi connectivity index (χ1n) is 5.08. The van der Waals surface area contributed by atoms with Crippen molar-refractivity contribution in [3.05, 3.63) is 0 Å². The fourth-order valence-electron chi connectivity index (χ4n) is 1.07. The van der Waals surface area contributed by atoms with Crippen LogP contribution in [-0.4, -0.2) is 54.2 Å². The van der Waals surface area contributed by atoms with E-state index in [-0.39, 0.29) is 19.6 Å². The first-order valence-corrected chi connectivity index (χ1v) is 5.08. The van der Waals surface area contributed by atoms with Crippen LogP contribution in [0.1, 0.15) is 12.8 Å². The van der Waals surface area contributed by atoms with Crippen molar-refractivity contribution >= 4 is 24.9 Å². The minimum absolute atomic E-state index is 0.0806. The van der Waals surface area contributed by atoms with Gasteiger partial charge in [0.25, 0.3) is 12.9 Å². The smallest absolute Gasteiger partial charge is 0.308 e. The van der Waals surface area contributed by atoms with Crippen molar-refractivity contribution in [2.45, 2.75) is 25.3 Å². The van der Waals surface area contributed by atoms with Crippen LogP contribution in [0.4, 0.5) is 0 Å². The van der Waals surface area contributed by atoms with E-state index in [1.165, 1.54) is 0 Å². The summed E-state index contributed by atoms with van der Waals surface area (Å²) in [5.41, 5.74) is 0. The average Bonchev–Trinajstić information content (AvgIpc) is 2.27. The van der Waals surface area contributed by atoms with Crippen LogP contribution in [0.25, 0.3) is 0 Å². The summed E-state index contributed by atoms with van der Waals surface area (Å²) in [4.78, 5) is 41.1. The van der Waals surface area contributed by atoms with E-state index in [1.54, 1.807) is 0 Å². The van der Waals surface area contributed by atoms with Gasteiger partial charge >= 0.3 is 11.9 Å². The summed E-state index contributed by atoms with van der Waals surface area (Å²) in [7, 11) is 0. The molecule has 10 nitrogen and oxygen atoms in total. The molecular formula is C9H14N2O8. The number of hydrogen-bond acceptors (Lipinski definition) is 8. The Labute approximate surface area is 107 Å². The van der Waals surface area contributed by atoms with Crippen LogP contribution in [0.15, 0.2) is 0 Å². The molecule has 0 heterocycles. The SMILES string of the molecule is O=COC(CC(=O)O)NCNC(CC(=O)O)OC=O. The molecule has 10 heteroatoms. The second kappa shape index (κ2) is 9.79. The molecular weight excluding hydrogens is 264 g/mol. The summed E-state index contributed by atoms with van der Waals surface area (Å²) < 4.78 is 8.87. The van der Waals surface area contributed by atoms with Crippen molar-refractivity contribution < 1.29 is 38.9 Å². The molecule has 0 aromatic heterocycles. The summed E-state index contributed by atoms with van der Waals surface area (Å²) in [6, 6.07) is 0. The minimum atomic E-state index is -1.19. The van der Waals surface area contributed by atoms with E-state index in [2.05, 4.69) is 20.1 Å². The van der Waals surface area contributed by atoms with Crippen LogP contribution in [0, 0.1) is 0 Å². The largest absolute Gasteiger partial charge is 0.481 e. The van der Waals surface area contributed by atoms with E-state index in [9.17, 15) is 19.2 Å². The lowest BCUT2D eigenvalue weighted by Gasteiger charge is -2.18. The minimum Gasteiger partial charge on any atom is -0.481 e. The van der Waals surface area contributed by atoms with Gasteiger partial charge < -0.3 is 19.7 Å². The number of ether oxygens (including phenoxy) is 2. The zero-order valence-electron chi connectivity index (χ0n) is 9.77. The summed E-state index contributed by atoms with van der Waals surface area (Å²) in [5, 5.41) is 22.0. The van der Waals surface area contributed by atoms with Gasteiger partial charge in [0, 0.05) is 0 Å². The first-order chi connectivity index (χ1) is 8.99. The molecule has 4 N–H and O–H groups in total. The van der Waals surface area contributed by atoms with Gasteiger partial charge in [-0.2, -0.15) is 0 Å². The normalized spacial score (nSPS) is 13.1. The monoisotopic (exact) mass is 278 g/mol. The second-order valence-corrected chi connectivity index (χ2v) is 3.22. The summed E-state index contributed by atoms with van der Waals surface area (Å²) in [6.45, 7) is 0.0338. The van der Waals surface area contributed by atoms with Gasteiger partial charge in [-0.1, -0.05) is 0 Å². The van der Waals surface area contributed by atoms with E-state index in [0.29, 0.717) is 0 Å². The molecule has 0 saturated heterocycles. The number of rotatable bonds is 12. The molecule has 0 aliphatic rings. The van der Waals surface area contributed by atoms with Crippen molar-refractivity contribution in [2.75, 3.05) is 6.67 Å². The Hall–Kier alpha value is -2.20. The predicted octanol–water partition coefficient (Wildman–Crippen LogP) is -1.93. The Balaban J connectivity index is 4.10. The van der Waals surface area contributed by atoms with Gasteiger partial charge in [0.2, 0.25) is 0 Å². The maximum Gasteiger partial charge on any atom is 0.308 e. The van der Waals surface area contributed by atoms with Crippen LogP contribution < -0.4 is 10.6 Å². The topological polar surface area (TPSA) is 151 Å². The summed E-state index contributed by atoms with van der Waals surface area (Å²) in [6.07, 6.45) is -3.11. The lowest BCUT2D eigenvalue weighted by atomic mass is 10.3. The number of aliphatic carboxylic acids is 2. The molecule has 0 saturated carbocycles. The Morgan fingerprint density at radius 2 is 1.32 bits per heavy atom. The molecule has 2 atom stereocenters. The zero-order chi connectivity index (χ0) is 14.7. The Morgan fingerprint density at radius 1 is 0.947 bits per heavy atom. The molecule has 108 valence electrons. The highest BCUT2D eigenvalue weighted by atomic mass is 16.5. The lowest BCUT2D eigenvalue weighted by Crippen LogP contribution is -2.45. The van der Waals surface area contributed by atoms with Gasteiger partial charge in [0.1, 0.15) is 0 Å². The lowest BCUT2D eigenvalue weighted by molar-refractivity contribution is -0.145. The van der Waals surface area contributed by atoms with E-state index in [1.807, 2.05) is 0 Å². The first kappa shape index (κ1) is 16.8. The van der Waals surface area contributed by atoms with Gasteiger partial charge in [-0.25, -0.2) is 0 Å². The number of carboxylic acids is 2. The fourth-order valence-corrected chi connectivity index (χ4v) is 1.07. The average molecular weight is 278 g/mol. The van der Waals surface area contributed by atoms with Crippen molar-refractivity contribution in [1.82, 2.24) is 10.6 Å². The van der Waals surface area contributed by atoms with Gasteiger partial charge in [0.15, 0.2) is 12.5 Å². The van der Waals surface area contributed by atoms with E-state index in [0.717, 1.165) is 0 Å². The van der Waals surface area contributed by atoms with Gasteiger partial charge in [-0.3, -0.25) is 29.8 Å². The summed E-state index contributed by atoms with van der Waals surface area (Å²) in [5.74, 6) is -2.38. The highest BCUT2D eigenvalue weighted by molar-refractivity contribution is 5.67. The Morgan fingerprint density at radius 3 is 1.58 bits per heavy atom. The van der Waals surface area contributed by atoms with Crippen molar-refractivity contribution in [1.29, 1.82) is 0 Å². The van der Waals surface area contributed by atoms with E-state index >= 15 is 0 Å². The molecule has 0 rings (SSSR count). The molecule has 0 amide bonds. The van der Waals surface area contributed by atoms with Gasteiger partial charge in [0.05, 0.1) is 19.5 Å². The quantitative estimate of drug-likeness (QED) is 0.234.